The summed E-state index contributed by atoms with van der Waals surface area (Å²) in [6.45, 7) is 3.00. The molecule has 0 radical (unpaired) electrons. The number of amides is 1. The second-order valence-electron chi connectivity index (χ2n) is 6.90. The number of aromatic nitrogens is 1. The lowest BCUT2D eigenvalue weighted by Gasteiger charge is -2.36. The van der Waals surface area contributed by atoms with Crippen molar-refractivity contribution < 1.29 is 9.53 Å². The van der Waals surface area contributed by atoms with Crippen LogP contribution in [-0.2, 0) is 0 Å². The number of benzene rings is 2. The summed E-state index contributed by atoms with van der Waals surface area (Å²) < 4.78 is 5.26. The van der Waals surface area contributed by atoms with Gasteiger partial charge in [0.25, 0.3) is 5.91 Å². The summed E-state index contributed by atoms with van der Waals surface area (Å²) in [5, 5.41) is 3.31. The largest absolute Gasteiger partial charge is 0.497 e. The third-order valence-electron chi connectivity index (χ3n) is 5.03. The zero-order chi connectivity index (χ0) is 20.1. The molecule has 0 atom stereocenters. The molecule has 6 heteroatoms. The molecule has 6 nitrogen and oxygen atoms in total. The van der Waals surface area contributed by atoms with Crippen LogP contribution >= 0.6 is 0 Å². The van der Waals surface area contributed by atoms with Crippen LogP contribution in [-0.4, -0.2) is 49.1 Å². The van der Waals surface area contributed by atoms with E-state index < -0.39 is 0 Å². The number of ether oxygens (including phenoxy) is 1. The molecule has 1 aromatic heterocycles. The van der Waals surface area contributed by atoms with Gasteiger partial charge in [0.15, 0.2) is 0 Å². The summed E-state index contributed by atoms with van der Waals surface area (Å²) in [5.41, 5.74) is 3.36. The molecule has 0 saturated carbocycles. The number of carbonyl (C=O) groups excluding carboxylic acids is 1. The van der Waals surface area contributed by atoms with Crippen molar-refractivity contribution >= 4 is 23.0 Å². The summed E-state index contributed by atoms with van der Waals surface area (Å²) >= 11 is 0. The van der Waals surface area contributed by atoms with Crippen molar-refractivity contribution in [2.45, 2.75) is 0 Å². The van der Waals surface area contributed by atoms with Gasteiger partial charge < -0.3 is 19.9 Å². The normalized spacial score (nSPS) is 13.8. The van der Waals surface area contributed by atoms with Crippen LogP contribution in [0.1, 0.15) is 10.5 Å². The zero-order valence-corrected chi connectivity index (χ0v) is 16.4. The molecule has 1 aliphatic heterocycles. The summed E-state index contributed by atoms with van der Waals surface area (Å²) in [7, 11) is 1.64. The van der Waals surface area contributed by atoms with Crippen molar-refractivity contribution in [3.63, 3.8) is 0 Å². The highest BCUT2D eigenvalue weighted by molar-refractivity contribution is 5.93. The van der Waals surface area contributed by atoms with E-state index in [1.807, 2.05) is 53.4 Å². The average Bonchev–Trinajstić information content (AvgIpc) is 2.79. The number of methoxy groups -OCH3 is 1. The molecule has 4 rings (SSSR count). The van der Waals surface area contributed by atoms with E-state index in [1.165, 1.54) is 5.69 Å². The Labute approximate surface area is 170 Å². The standard InChI is InChI=1S/C23H24N4O2/c1-29-21-9-5-6-18(16-21)25-19-10-11-24-22(17-19)23(28)27-14-12-26(13-15-27)20-7-3-2-4-8-20/h2-11,16-17H,12-15H2,1H3,(H,24,25). The number of rotatable bonds is 5. The van der Waals surface area contributed by atoms with Crippen LogP contribution in [0.3, 0.4) is 0 Å². The monoisotopic (exact) mass is 388 g/mol. The van der Waals surface area contributed by atoms with Gasteiger partial charge in [-0.15, -0.1) is 0 Å². The van der Waals surface area contributed by atoms with Crippen LogP contribution in [0.15, 0.2) is 72.9 Å². The topological polar surface area (TPSA) is 57.7 Å². The molecule has 0 unspecified atom stereocenters. The molecule has 0 spiro atoms. The summed E-state index contributed by atoms with van der Waals surface area (Å²) in [6.07, 6.45) is 1.66. The number of nitrogens with zero attached hydrogens (tertiary/aromatic N) is 3. The highest BCUT2D eigenvalue weighted by atomic mass is 16.5. The molecular weight excluding hydrogens is 364 g/mol. The first kappa shape index (κ1) is 18.8. The molecular formula is C23H24N4O2. The Morgan fingerprint density at radius 2 is 1.69 bits per heavy atom. The van der Waals surface area contributed by atoms with Crippen LogP contribution in [0.5, 0.6) is 5.75 Å². The number of anilines is 3. The van der Waals surface area contributed by atoms with Crippen LogP contribution < -0.4 is 15.0 Å². The Morgan fingerprint density at radius 3 is 2.45 bits per heavy atom. The smallest absolute Gasteiger partial charge is 0.272 e. The molecule has 0 aliphatic carbocycles. The van der Waals surface area contributed by atoms with Gasteiger partial charge in [-0.05, 0) is 36.4 Å². The molecule has 1 amide bonds. The first-order chi connectivity index (χ1) is 14.2. The van der Waals surface area contributed by atoms with Crippen molar-refractivity contribution in [1.29, 1.82) is 0 Å². The third-order valence-corrected chi connectivity index (χ3v) is 5.03. The maximum Gasteiger partial charge on any atom is 0.272 e. The van der Waals surface area contributed by atoms with Crippen LogP contribution in [0, 0.1) is 0 Å². The molecule has 1 aliphatic rings. The van der Waals surface area contributed by atoms with Gasteiger partial charge in [0.1, 0.15) is 11.4 Å². The molecule has 0 bridgehead atoms. The second kappa shape index (κ2) is 8.65. The van der Waals surface area contributed by atoms with E-state index in [2.05, 4.69) is 27.3 Å². The first-order valence-electron chi connectivity index (χ1n) is 9.69. The van der Waals surface area contributed by atoms with Crippen molar-refractivity contribution in [3.8, 4) is 5.75 Å². The van der Waals surface area contributed by atoms with Gasteiger partial charge in [0.2, 0.25) is 0 Å². The number of para-hydroxylation sites is 1. The number of carbonyl (C=O) groups is 1. The Kier molecular flexibility index (Phi) is 5.61. The number of pyridine rings is 1. The Balaban J connectivity index is 1.41. The van der Waals surface area contributed by atoms with Crippen molar-refractivity contribution in [3.05, 3.63) is 78.6 Å². The molecule has 1 saturated heterocycles. The van der Waals surface area contributed by atoms with E-state index in [1.54, 1.807) is 19.4 Å². The predicted molar refractivity (Wildman–Crippen MR) is 115 cm³/mol. The number of hydrogen-bond acceptors (Lipinski definition) is 5. The molecule has 3 aromatic rings. The maximum absolute atomic E-state index is 12.9. The van der Waals surface area contributed by atoms with Gasteiger partial charge in [-0.2, -0.15) is 0 Å². The highest BCUT2D eigenvalue weighted by Gasteiger charge is 2.23. The molecule has 1 fully saturated rings. The predicted octanol–water partition coefficient (Wildman–Crippen LogP) is 3.80. The zero-order valence-electron chi connectivity index (χ0n) is 16.4. The molecule has 29 heavy (non-hydrogen) atoms. The van der Waals surface area contributed by atoms with Gasteiger partial charge in [-0.3, -0.25) is 9.78 Å². The number of piperazine rings is 1. The maximum atomic E-state index is 12.9. The van der Waals surface area contributed by atoms with Crippen molar-refractivity contribution in [2.24, 2.45) is 0 Å². The van der Waals surface area contributed by atoms with Crippen molar-refractivity contribution in [2.75, 3.05) is 43.5 Å². The fourth-order valence-electron chi connectivity index (χ4n) is 3.46. The first-order valence-corrected chi connectivity index (χ1v) is 9.69. The van der Waals surface area contributed by atoms with E-state index in [0.29, 0.717) is 18.8 Å². The lowest BCUT2D eigenvalue weighted by atomic mass is 10.2. The number of hydrogen-bond donors (Lipinski definition) is 1. The average molecular weight is 388 g/mol. The SMILES string of the molecule is COc1cccc(Nc2ccnc(C(=O)N3CCN(c4ccccc4)CC3)c2)c1. The minimum absolute atomic E-state index is 0.0352. The summed E-state index contributed by atoms with van der Waals surface area (Å²) in [5.74, 6) is 0.739. The minimum Gasteiger partial charge on any atom is -0.497 e. The van der Waals surface area contributed by atoms with E-state index in [9.17, 15) is 4.79 Å². The molecule has 1 N–H and O–H groups in total. The number of nitrogens with one attached hydrogen (secondary N) is 1. The van der Waals surface area contributed by atoms with E-state index in [4.69, 9.17) is 4.74 Å². The minimum atomic E-state index is -0.0352. The fraction of sp³-hybridized carbons (Fsp3) is 0.217. The summed E-state index contributed by atoms with van der Waals surface area (Å²) in [6, 6.07) is 21.6. The lowest BCUT2D eigenvalue weighted by Crippen LogP contribution is -2.49. The Bertz CT molecular complexity index is 969. The van der Waals surface area contributed by atoms with Crippen LogP contribution in [0.25, 0.3) is 0 Å². The van der Waals surface area contributed by atoms with E-state index >= 15 is 0 Å². The lowest BCUT2D eigenvalue weighted by molar-refractivity contribution is 0.0741. The third kappa shape index (κ3) is 4.48. The Hall–Kier alpha value is -3.54. The molecule has 148 valence electrons. The van der Waals surface area contributed by atoms with Gasteiger partial charge >= 0.3 is 0 Å². The van der Waals surface area contributed by atoms with Crippen LogP contribution in [0.4, 0.5) is 17.1 Å². The highest BCUT2D eigenvalue weighted by Crippen LogP contribution is 2.22. The van der Waals surface area contributed by atoms with Crippen LogP contribution in [0.2, 0.25) is 0 Å². The van der Waals surface area contributed by atoms with Crippen molar-refractivity contribution in [1.82, 2.24) is 9.88 Å². The fourth-order valence-corrected chi connectivity index (χ4v) is 3.46. The Morgan fingerprint density at radius 1 is 0.931 bits per heavy atom. The quantitative estimate of drug-likeness (QED) is 0.721. The van der Waals surface area contributed by atoms with Gasteiger partial charge in [0.05, 0.1) is 7.11 Å². The second-order valence-corrected chi connectivity index (χ2v) is 6.90. The van der Waals surface area contributed by atoms with Gasteiger partial charge in [-0.25, -0.2) is 0 Å². The van der Waals surface area contributed by atoms with E-state index in [-0.39, 0.29) is 5.91 Å². The van der Waals surface area contributed by atoms with Gasteiger partial charge in [-0.1, -0.05) is 24.3 Å². The summed E-state index contributed by atoms with van der Waals surface area (Å²) in [4.78, 5) is 21.4. The molecule has 2 aromatic carbocycles. The molecule has 2 heterocycles. The van der Waals surface area contributed by atoms with Gasteiger partial charge in [0, 0.05) is 55.5 Å². The van der Waals surface area contributed by atoms with E-state index in [0.717, 1.165) is 30.2 Å².